The van der Waals surface area contributed by atoms with Crippen molar-refractivity contribution in [3.05, 3.63) is 36.0 Å². The monoisotopic (exact) mass is 332 g/mol. The Hall–Kier alpha value is -2.12. The van der Waals surface area contributed by atoms with Gasteiger partial charge in [0, 0.05) is 26.2 Å². The highest BCUT2D eigenvalue weighted by Gasteiger charge is 2.29. The third kappa shape index (κ3) is 3.85. The van der Waals surface area contributed by atoms with Crippen molar-refractivity contribution in [1.29, 1.82) is 0 Å². The molecule has 7 nitrogen and oxygen atoms in total. The molecule has 1 atom stereocenters. The third-order valence-electron chi connectivity index (χ3n) is 4.29. The van der Waals surface area contributed by atoms with Gasteiger partial charge in [0.25, 0.3) is 0 Å². The molecule has 1 aliphatic rings. The molecule has 2 heterocycles. The van der Waals surface area contributed by atoms with Crippen LogP contribution in [0.25, 0.3) is 0 Å². The highest BCUT2D eigenvalue weighted by Crippen LogP contribution is 2.26. The maximum atomic E-state index is 5.87. The van der Waals surface area contributed by atoms with E-state index in [1.807, 2.05) is 31.2 Å². The first-order chi connectivity index (χ1) is 11.7. The van der Waals surface area contributed by atoms with Crippen molar-refractivity contribution in [3.63, 3.8) is 0 Å². The van der Waals surface area contributed by atoms with Gasteiger partial charge in [-0.25, -0.2) is 0 Å². The highest BCUT2D eigenvalue weighted by molar-refractivity contribution is 5.39. The Bertz CT molecular complexity index is 661. The Labute approximate surface area is 142 Å². The fourth-order valence-corrected chi connectivity index (χ4v) is 2.87. The molecule has 0 saturated carbocycles. The standard InChI is InChI=1S/C17H24N4O3/c1-13-18-17(24-19-13)14-12-21(9-8-20(14)2)10-11-23-16-7-5-4-6-15(16)22-3/h4-7,14H,8-12H2,1-3H3/t14-/m1/s1. The van der Waals surface area contributed by atoms with E-state index in [0.717, 1.165) is 37.7 Å². The molecule has 1 aromatic carbocycles. The van der Waals surface area contributed by atoms with Crippen molar-refractivity contribution in [2.45, 2.75) is 13.0 Å². The summed E-state index contributed by atoms with van der Waals surface area (Å²) in [6.45, 7) is 6.10. The molecule has 0 aliphatic carbocycles. The summed E-state index contributed by atoms with van der Waals surface area (Å²) in [6.07, 6.45) is 0. The average molecular weight is 332 g/mol. The van der Waals surface area contributed by atoms with E-state index in [1.54, 1.807) is 7.11 Å². The molecule has 1 fully saturated rings. The van der Waals surface area contributed by atoms with Gasteiger partial charge < -0.3 is 14.0 Å². The van der Waals surface area contributed by atoms with Crippen LogP contribution in [0.2, 0.25) is 0 Å². The van der Waals surface area contributed by atoms with Crippen molar-refractivity contribution in [2.24, 2.45) is 0 Å². The molecule has 2 aromatic rings. The van der Waals surface area contributed by atoms with Crippen molar-refractivity contribution >= 4 is 0 Å². The molecule has 0 unspecified atom stereocenters. The van der Waals surface area contributed by atoms with Gasteiger partial charge in [-0.15, -0.1) is 0 Å². The number of ether oxygens (including phenoxy) is 2. The molecule has 1 aliphatic heterocycles. The summed E-state index contributed by atoms with van der Waals surface area (Å²) in [4.78, 5) is 8.99. The van der Waals surface area contributed by atoms with Gasteiger partial charge in [0.15, 0.2) is 17.3 Å². The summed E-state index contributed by atoms with van der Waals surface area (Å²) in [5, 5.41) is 3.90. The zero-order chi connectivity index (χ0) is 16.9. The van der Waals surface area contributed by atoms with Crippen LogP contribution in [0.3, 0.4) is 0 Å². The number of methoxy groups -OCH3 is 1. The van der Waals surface area contributed by atoms with Crippen LogP contribution in [-0.4, -0.2) is 66.9 Å². The van der Waals surface area contributed by atoms with Gasteiger partial charge in [-0.1, -0.05) is 17.3 Å². The first-order valence-corrected chi connectivity index (χ1v) is 8.16. The average Bonchev–Trinajstić information content (AvgIpc) is 3.03. The van der Waals surface area contributed by atoms with Gasteiger partial charge in [0.1, 0.15) is 12.6 Å². The van der Waals surface area contributed by atoms with Gasteiger partial charge in [-0.3, -0.25) is 9.80 Å². The Balaban J connectivity index is 1.54. The summed E-state index contributed by atoms with van der Waals surface area (Å²) in [7, 11) is 3.74. The van der Waals surface area contributed by atoms with Crippen molar-refractivity contribution in [2.75, 3.05) is 46.9 Å². The minimum absolute atomic E-state index is 0.131. The number of hydrogen-bond donors (Lipinski definition) is 0. The smallest absolute Gasteiger partial charge is 0.245 e. The van der Waals surface area contributed by atoms with Crippen LogP contribution < -0.4 is 9.47 Å². The van der Waals surface area contributed by atoms with Crippen LogP contribution in [0.4, 0.5) is 0 Å². The van der Waals surface area contributed by atoms with Crippen LogP contribution in [0, 0.1) is 6.92 Å². The summed E-state index contributed by atoms with van der Waals surface area (Å²) >= 11 is 0. The predicted octanol–water partition coefficient (Wildman–Crippen LogP) is 1.75. The quantitative estimate of drug-likeness (QED) is 0.798. The van der Waals surface area contributed by atoms with E-state index < -0.39 is 0 Å². The lowest BCUT2D eigenvalue weighted by atomic mass is 10.2. The third-order valence-corrected chi connectivity index (χ3v) is 4.29. The predicted molar refractivity (Wildman–Crippen MR) is 89.3 cm³/mol. The van der Waals surface area contributed by atoms with E-state index in [4.69, 9.17) is 14.0 Å². The Morgan fingerprint density at radius 2 is 2.04 bits per heavy atom. The maximum absolute atomic E-state index is 5.87. The molecule has 1 aromatic heterocycles. The van der Waals surface area contributed by atoms with Gasteiger partial charge in [-0.2, -0.15) is 4.98 Å². The lowest BCUT2D eigenvalue weighted by Gasteiger charge is -2.37. The molecule has 24 heavy (non-hydrogen) atoms. The molecule has 0 amide bonds. The second kappa shape index (κ2) is 7.63. The van der Waals surface area contributed by atoms with Crippen LogP contribution in [0.15, 0.2) is 28.8 Å². The number of benzene rings is 1. The number of aryl methyl sites for hydroxylation is 1. The molecular weight excluding hydrogens is 308 g/mol. The number of nitrogens with zero attached hydrogens (tertiary/aromatic N) is 4. The molecule has 0 bridgehead atoms. The normalized spacial score (nSPS) is 19.4. The molecule has 0 radical (unpaired) electrons. The van der Waals surface area contributed by atoms with E-state index in [-0.39, 0.29) is 6.04 Å². The molecule has 3 rings (SSSR count). The van der Waals surface area contributed by atoms with E-state index in [0.29, 0.717) is 18.3 Å². The van der Waals surface area contributed by atoms with Gasteiger partial charge in [0.2, 0.25) is 5.89 Å². The SMILES string of the molecule is COc1ccccc1OCCN1CCN(C)[C@@H](c2nc(C)no2)C1. The van der Waals surface area contributed by atoms with Crippen molar-refractivity contribution in [3.8, 4) is 11.5 Å². The Kier molecular flexibility index (Phi) is 5.32. The van der Waals surface area contributed by atoms with Crippen LogP contribution in [0.1, 0.15) is 17.8 Å². The lowest BCUT2D eigenvalue weighted by Crippen LogP contribution is -2.47. The van der Waals surface area contributed by atoms with Gasteiger partial charge in [-0.05, 0) is 26.1 Å². The van der Waals surface area contributed by atoms with Gasteiger partial charge >= 0.3 is 0 Å². The number of likely N-dealkylation sites (N-methyl/N-ethyl adjacent to an activating group) is 1. The molecular formula is C17H24N4O3. The summed E-state index contributed by atoms with van der Waals surface area (Å²) in [5.41, 5.74) is 0. The van der Waals surface area contributed by atoms with E-state index in [9.17, 15) is 0 Å². The molecule has 0 N–H and O–H groups in total. The molecule has 7 heteroatoms. The molecule has 130 valence electrons. The Morgan fingerprint density at radius 1 is 1.25 bits per heavy atom. The first kappa shape index (κ1) is 16.7. The summed E-state index contributed by atoms with van der Waals surface area (Å²) < 4.78 is 16.5. The Morgan fingerprint density at radius 3 is 2.75 bits per heavy atom. The second-order valence-corrected chi connectivity index (χ2v) is 5.98. The van der Waals surface area contributed by atoms with Crippen LogP contribution in [-0.2, 0) is 0 Å². The highest BCUT2D eigenvalue weighted by atomic mass is 16.5. The minimum Gasteiger partial charge on any atom is -0.493 e. The minimum atomic E-state index is 0.131. The largest absolute Gasteiger partial charge is 0.493 e. The fraction of sp³-hybridized carbons (Fsp3) is 0.529. The van der Waals surface area contributed by atoms with Crippen molar-refractivity contribution < 1.29 is 14.0 Å². The summed E-state index contributed by atoms with van der Waals surface area (Å²) in [6, 6.07) is 7.84. The number of aromatic nitrogens is 2. The molecule has 0 spiro atoms. The lowest BCUT2D eigenvalue weighted by molar-refractivity contribution is 0.0669. The fourth-order valence-electron chi connectivity index (χ4n) is 2.87. The second-order valence-electron chi connectivity index (χ2n) is 5.98. The van der Waals surface area contributed by atoms with E-state index in [2.05, 4.69) is 27.0 Å². The van der Waals surface area contributed by atoms with E-state index in [1.165, 1.54) is 0 Å². The number of piperazine rings is 1. The van der Waals surface area contributed by atoms with Crippen molar-refractivity contribution in [1.82, 2.24) is 19.9 Å². The van der Waals surface area contributed by atoms with Crippen LogP contribution >= 0.6 is 0 Å². The topological polar surface area (TPSA) is 63.9 Å². The maximum Gasteiger partial charge on any atom is 0.245 e. The summed E-state index contributed by atoms with van der Waals surface area (Å²) in [5.74, 6) is 2.90. The van der Waals surface area contributed by atoms with Crippen LogP contribution in [0.5, 0.6) is 11.5 Å². The van der Waals surface area contributed by atoms with E-state index >= 15 is 0 Å². The number of para-hydroxylation sites is 2. The molecule has 1 saturated heterocycles. The zero-order valence-corrected chi connectivity index (χ0v) is 14.4. The zero-order valence-electron chi connectivity index (χ0n) is 14.4. The number of rotatable bonds is 6. The first-order valence-electron chi connectivity index (χ1n) is 8.16. The van der Waals surface area contributed by atoms with Gasteiger partial charge in [0.05, 0.1) is 7.11 Å². The number of hydrogen-bond acceptors (Lipinski definition) is 7.